The van der Waals surface area contributed by atoms with E-state index in [1.165, 1.54) is 0 Å². The molecular weight excluding hydrogens is 300 g/mol. The Kier molecular flexibility index (Phi) is 4.65. The Bertz CT molecular complexity index is 863. The summed E-state index contributed by atoms with van der Waals surface area (Å²) in [5, 5.41) is 2.98. The molecule has 4 heteroatoms. The van der Waals surface area contributed by atoms with Crippen LogP contribution in [0.15, 0.2) is 46.9 Å². The Balaban J connectivity index is 1.89. The minimum atomic E-state index is 0.0422. The van der Waals surface area contributed by atoms with Gasteiger partial charge in [0.2, 0.25) is 11.8 Å². The van der Waals surface area contributed by atoms with E-state index in [1.54, 1.807) is 0 Å². The molecule has 0 radical (unpaired) electrons. The van der Waals surface area contributed by atoms with Gasteiger partial charge in [-0.3, -0.25) is 4.79 Å². The summed E-state index contributed by atoms with van der Waals surface area (Å²) in [5.74, 6) is 0.703. The molecule has 0 bridgehead atoms. The molecule has 1 amide bonds. The summed E-state index contributed by atoms with van der Waals surface area (Å²) in [6.07, 6.45) is 1.68. The number of carbonyl (C=O) groups is 1. The fourth-order valence-corrected chi connectivity index (χ4v) is 2.84. The highest BCUT2D eigenvalue weighted by Gasteiger charge is 2.15. The van der Waals surface area contributed by atoms with Crippen LogP contribution in [0.4, 0.5) is 5.69 Å². The van der Waals surface area contributed by atoms with Gasteiger partial charge in [-0.15, -0.1) is 0 Å². The monoisotopic (exact) mass is 322 g/mol. The van der Waals surface area contributed by atoms with E-state index >= 15 is 0 Å². The lowest BCUT2D eigenvalue weighted by atomic mass is 10.0. The van der Waals surface area contributed by atoms with Crippen molar-refractivity contribution < 1.29 is 9.21 Å². The number of oxazole rings is 1. The summed E-state index contributed by atoms with van der Waals surface area (Å²) in [5.41, 5.74) is 4.32. The zero-order chi connectivity index (χ0) is 17.1. The van der Waals surface area contributed by atoms with Crippen molar-refractivity contribution in [1.82, 2.24) is 4.98 Å². The lowest BCUT2D eigenvalue weighted by Crippen LogP contribution is -2.21. The number of nitrogens with one attached hydrogen (secondary N) is 1. The first kappa shape index (κ1) is 16.2. The van der Waals surface area contributed by atoms with Gasteiger partial charge in [-0.1, -0.05) is 32.0 Å². The molecule has 1 aromatic heterocycles. The number of carbonyl (C=O) groups excluding carboxylic acids is 1. The maximum absolute atomic E-state index is 12.2. The summed E-state index contributed by atoms with van der Waals surface area (Å²) >= 11 is 0. The predicted molar refractivity (Wildman–Crippen MR) is 96.9 cm³/mol. The number of nitrogens with zero attached hydrogens (tertiary/aromatic N) is 1. The Hall–Kier alpha value is -2.62. The maximum Gasteiger partial charge on any atom is 0.227 e. The number of aromatic nitrogens is 1. The van der Waals surface area contributed by atoms with Gasteiger partial charge in [-0.25, -0.2) is 4.98 Å². The largest absolute Gasteiger partial charge is 0.436 e. The minimum Gasteiger partial charge on any atom is -0.436 e. The van der Waals surface area contributed by atoms with E-state index in [9.17, 15) is 4.79 Å². The molecule has 24 heavy (non-hydrogen) atoms. The minimum absolute atomic E-state index is 0.0422. The second kappa shape index (κ2) is 6.87. The molecule has 1 heterocycles. The predicted octanol–water partition coefficient (Wildman–Crippen LogP) is 5.18. The van der Waals surface area contributed by atoms with Gasteiger partial charge >= 0.3 is 0 Å². The van der Waals surface area contributed by atoms with Crippen LogP contribution in [0.1, 0.15) is 32.3 Å². The van der Waals surface area contributed by atoms with Crippen LogP contribution in [0.25, 0.3) is 22.6 Å². The Morgan fingerprint density at radius 2 is 1.92 bits per heavy atom. The molecule has 0 aliphatic rings. The quantitative estimate of drug-likeness (QED) is 0.704. The number of amides is 1. The van der Waals surface area contributed by atoms with Gasteiger partial charge in [-0.05, 0) is 49.6 Å². The number of benzene rings is 2. The molecule has 1 N–H and O–H groups in total. The molecule has 3 rings (SSSR count). The standard InChI is InChI=1S/C20H22N2O2/c1-4-14(5-2)19(23)21-15-10-11-18-17(12-15)22-20(24-18)16-9-7-6-8-13(16)3/h6-12,14H,4-5H2,1-3H3,(H,21,23). The van der Waals surface area contributed by atoms with Crippen LogP contribution in [0.3, 0.4) is 0 Å². The summed E-state index contributed by atoms with van der Waals surface area (Å²) in [6.45, 7) is 6.09. The molecule has 0 aliphatic carbocycles. The molecule has 0 spiro atoms. The number of hydrogen-bond donors (Lipinski definition) is 1. The molecular formula is C20H22N2O2. The van der Waals surface area contributed by atoms with Gasteiger partial charge in [0.25, 0.3) is 0 Å². The Labute approximate surface area is 141 Å². The maximum atomic E-state index is 12.2. The second-order valence-electron chi connectivity index (χ2n) is 6.02. The summed E-state index contributed by atoms with van der Waals surface area (Å²) < 4.78 is 5.86. The normalized spacial score (nSPS) is 11.2. The smallest absolute Gasteiger partial charge is 0.227 e. The lowest BCUT2D eigenvalue weighted by Gasteiger charge is -2.12. The van der Waals surface area contributed by atoms with Crippen LogP contribution in [0.5, 0.6) is 0 Å². The second-order valence-corrected chi connectivity index (χ2v) is 6.02. The van der Waals surface area contributed by atoms with E-state index in [-0.39, 0.29) is 11.8 Å². The first-order valence-corrected chi connectivity index (χ1v) is 8.39. The van der Waals surface area contributed by atoms with E-state index in [0.29, 0.717) is 11.5 Å². The molecule has 0 aliphatic heterocycles. The Morgan fingerprint density at radius 3 is 2.62 bits per heavy atom. The van der Waals surface area contributed by atoms with Crippen molar-refractivity contribution in [3.63, 3.8) is 0 Å². The van der Waals surface area contributed by atoms with Crippen molar-refractivity contribution in [2.45, 2.75) is 33.6 Å². The third kappa shape index (κ3) is 3.18. The number of rotatable bonds is 5. The first-order chi connectivity index (χ1) is 11.6. The van der Waals surface area contributed by atoms with Crippen LogP contribution in [0, 0.1) is 12.8 Å². The third-order valence-electron chi connectivity index (χ3n) is 4.39. The highest BCUT2D eigenvalue weighted by atomic mass is 16.3. The van der Waals surface area contributed by atoms with Gasteiger partial charge in [0.05, 0.1) is 0 Å². The average Bonchev–Trinajstić information content (AvgIpc) is 2.99. The average molecular weight is 322 g/mol. The third-order valence-corrected chi connectivity index (χ3v) is 4.39. The molecule has 0 saturated heterocycles. The van der Waals surface area contributed by atoms with Crippen LogP contribution in [0.2, 0.25) is 0 Å². The van der Waals surface area contributed by atoms with Gasteiger partial charge in [0.15, 0.2) is 5.58 Å². The van der Waals surface area contributed by atoms with Crippen molar-refractivity contribution in [3.05, 3.63) is 48.0 Å². The number of aryl methyl sites for hydroxylation is 1. The van der Waals surface area contributed by atoms with Crippen LogP contribution in [-0.2, 0) is 4.79 Å². The van der Waals surface area contributed by atoms with E-state index in [0.717, 1.165) is 35.2 Å². The van der Waals surface area contributed by atoms with E-state index in [2.05, 4.69) is 10.3 Å². The molecule has 3 aromatic rings. The summed E-state index contributed by atoms with van der Waals surface area (Å²) in [4.78, 5) is 16.8. The van der Waals surface area contributed by atoms with E-state index in [4.69, 9.17) is 4.42 Å². The topological polar surface area (TPSA) is 55.1 Å². The van der Waals surface area contributed by atoms with Gasteiger partial charge in [-0.2, -0.15) is 0 Å². The van der Waals surface area contributed by atoms with Crippen LogP contribution >= 0.6 is 0 Å². The Morgan fingerprint density at radius 1 is 1.17 bits per heavy atom. The van der Waals surface area contributed by atoms with E-state index in [1.807, 2.05) is 63.2 Å². The zero-order valence-corrected chi connectivity index (χ0v) is 14.3. The molecule has 2 aromatic carbocycles. The molecule has 0 fully saturated rings. The van der Waals surface area contributed by atoms with Crippen LogP contribution < -0.4 is 5.32 Å². The van der Waals surface area contributed by atoms with Gasteiger partial charge in [0, 0.05) is 17.2 Å². The molecule has 0 saturated carbocycles. The van der Waals surface area contributed by atoms with E-state index < -0.39 is 0 Å². The zero-order valence-electron chi connectivity index (χ0n) is 14.3. The fourth-order valence-electron chi connectivity index (χ4n) is 2.84. The SMILES string of the molecule is CCC(CC)C(=O)Nc1ccc2oc(-c3ccccc3C)nc2c1. The molecule has 4 nitrogen and oxygen atoms in total. The van der Waals surface area contributed by atoms with Crippen molar-refractivity contribution in [2.75, 3.05) is 5.32 Å². The number of hydrogen-bond acceptors (Lipinski definition) is 3. The van der Waals surface area contributed by atoms with Gasteiger partial charge in [0.1, 0.15) is 5.52 Å². The van der Waals surface area contributed by atoms with Gasteiger partial charge < -0.3 is 9.73 Å². The van der Waals surface area contributed by atoms with Crippen molar-refractivity contribution in [1.29, 1.82) is 0 Å². The first-order valence-electron chi connectivity index (χ1n) is 8.39. The van der Waals surface area contributed by atoms with Crippen molar-refractivity contribution >= 4 is 22.7 Å². The molecule has 0 atom stereocenters. The highest BCUT2D eigenvalue weighted by Crippen LogP contribution is 2.28. The number of anilines is 1. The van der Waals surface area contributed by atoms with Crippen molar-refractivity contribution in [2.24, 2.45) is 5.92 Å². The summed E-state index contributed by atoms with van der Waals surface area (Å²) in [7, 11) is 0. The van der Waals surface area contributed by atoms with Crippen molar-refractivity contribution in [3.8, 4) is 11.5 Å². The summed E-state index contributed by atoms with van der Waals surface area (Å²) in [6, 6.07) is 13.6. The number of fused-ring (bicyclic) bond motifs is 1. The highest BCUT2D eigenvalue weighted by molar-refractivity contribution is 5.94. The molecule has 0 unspecified atom stereocenters. The molecule has 124 valence electrons. The lowest BCUT2D eigenvalue weighted by molar-refractivity contribution is -0.120. The van der Waals surface area contributed by atoms with Crippen LogP contribution in [-0.4, -0.2) is 10.9 Å². The fraction of sp³-hybridized carbons (Fsp3) is 0.300.